The van der Waals surface area contributed by atoms with Gasteiger partial charge in [0.15, 0.2) is 0 Å². The zero-order valence-corrected chi connectivity index (χ0v) is 26.8. The summed E-state index contributed by atoms with van der Waals surface area (Å²) in [6.07, 6.45) is 8.13. The Labute approximate surface area is 260 Å². The molecule has 1 aliphatic heterocycles. The molecular formula is C33H44ClN7O2. The summed E-state index contributed by atoms with van der Waals surface area (Å²) in [5.74, 6) is 0.0808. The molecule has 1 fully saturated rings. The van der Waals surface area contributed by atoms with Crippen molar-refractivity contribution < 1.29 is 9.59 Å². The van der Waals surface area contributed by atoms with E-state index >= 15 is 0 Å². The first-order valence-corrected chi connectivity index (χ1v) is 15.3. The lowest BCUT2D eigenvalue weighted by Crippen LogP contribution is -2.40. The fraction of sp³-hybridized carbons (Fsp3) is 0.515. The molecule has 1 saturated heterocycles. The second-order valence-corrected chi connectivity index (χ2v) is 13.9. The van der Waals surface area contributed by atoms with Gasteiger partial charge in [0.05, 0.1) is 17.4 Å². The number of rotatable bonds is 9. The van der Waals surface area contributed by atoms with E-state index in [0.717, 1.165) is 37.2 Å². The van der Waals surface area contributed by atoms with Crippen molar-refractivity contribution in [3.63, 3.8) is 0 Å². The number of anilines is 1. The van der Waals surface area contributed by atoms with Crippen molar-refractivity contribution in [1.29, 1.82) is 5.26 Å². The zero-order chi connectivity index (χ0) is 31.5. The summed E-state index contributed by atoms with van der Waals surface area (Å²) in [6.45, 7) is 14.2. The number of amides is 2. The van der Waals surface area contributed by atoms with E-state index in [9.17, 15) is 14.9 Å². The van der Waals surface area contributed by atoms with Gasteiger partial charge in [-0.15, -0.1) is 0 Å². The van der Waals surface area contributed by atoms with Crippen molar-refractivity contribution >= 4 is 35.4 Å². The molecule has 1 aromatic heterocycles. The average Bonchev–Trinajstić information content (AvgIpc) is 3.53. The van der Waals surface area contributed by atoms with Gasteiger partial charge < -0.3 is 20.5 Å². The van der Waals surface area contributed by atoms with E-state index in [1.807, 2.05) is 10.6 Å². The number of hydrogen-bond acceptors (Lipinski definition) is 6. The van der Waals surface area contributed by atoms with E-state index in [-0.39, 0.29) is 34.8 Å². The largest absolute Gasteiger partial charge is 0.333 e. The van der Waals surface area contributed by atoms with Crippen LogP contribution in [0.25, 0.3) is 6.08 Å². The Kier molecular flexibility index (Phi) is 9.85. The number of benzene rings is 1. The maximum Gasteiger partial charge on any atom is 0.264 e. The number of hydrogen-bond donors (Lipinski definition) is 3. The fourth-order valence-electron chi connectivity index (χ4n) is 5.40. The fourth-order valence-corrected chi connectivity index (χ4v) is 5.52. The van der Waals surface area contributed by atoms with Crippen molar-refractivity contribution in [3.8, 4) is 6.07 Å². The molecular weight excluding hydrogens is 562 g/mol. The Balaban J connectivity index is 1.62. The van der Waals surface area contributed by atoms with Gasteiger partial charge in [0, 0.05) is 41.8 Å². The van der Waals surface area contributed by atoms with Gasteiger partial charge in [-0.2, -0.15) is 5.26 Å². The first-order valence-electron chi connectivity index (χ1n) is 15.0. The Morgan fingerprint density at radius 2 is 1.93 bits per heavy atom. The molecule has 2 unspecified atom stereocenters. The van der Waals surface area contributed by atoms with Gasteiger partial charge in [0.1, 0.15) is 11.6 Å². The second-order valence-electron chi connectivity index (χ2n) is 13.4. The number of carbonyl (C=O) groups excluding carboxylic acids is 2. The van der Waals surface area contributed by atoms with Gasteiger partial charge in [-0.1, -0.05) is 38.4 Å². The van der Waals surface area contributed by atoms with Gasteiger partial charge >= 0.3 is 0 Å². The highest BCUT2D eigenvalue weighted by Gasteiger charge is 2.34. The highest BCUT2D eigenvalue weighted by molar-refractivity contribution is 6.30. The Morgan fingerprint density at radius 1 is 1.23 bits per heavy atom. The van der Waals surface area contributed by atoms with Crippen LogP contribution in [0, 0.1) is 22.7 Å². The third-order valence-corrected chi connectivity index (χ3v) is 8.53. The van der Waals surface area contributed by atoms with Crippen molar-refractivity contribution in [1.82, 2.24) is 19.8 Å². The summed E-state index contributed by atoms with van der Waals surface area (Å²) in [7, 11) is 0. The zero-order valence-electron chi connectivity index (χ0n) is 26.1. The number of carbonyl (C=O) groups is 2. The molecule has 0 saturated carbocycles. The monoisotopic (exact) mass is 605 g/mol. The molecule has 10 heteroatoms. The smallest absolute Gasteiger partial charge is 0.264 e. The molecule has 2 heterocycles. The number of fused-ring (bicyclic) bond motifs is 1. The predicted molar refractivity (Wildman–Crippen MR) is 171 cm³/mol. The Bertz CT molecular complexity index is 1440. The van der Waals surface area contributed by atoms with E-state index < -0.39 is 5.54 Å². The quantitative estimate of drug-likeness (QED) is 0.267. The van der Waals surface area contributed by atoms with Crippen LogP contribution in [0.2, 0.25) is 5.02 Å². The minimum Gasteiger partial charge on any atom is -0.333 e. The normalized spacial score (nSPS) is 19.6. The maximum atomic E-state index is 13.5. The van der Waals surface area contributed by atoms with Gasteiger partial charge in [-0.3, -0.25) is 14.9 Å². The van der Waals surface area contributed by atoms with Crippen molar-refractivity contribution in [3.05, 3.63) is 64.0 Å². The molecule has 9 nitrogen and oxygen atoms in total. The third-order valence-electron chi connectivity index (χ3n) is 8.28. The summed E-state index contributed by atoms with van der Waals surface area (Å²) >= 11 is 6.03. The molecule has 2 aliphatic rings. The maximum absolute atomic E-state index is 13.5. The lowest BCUT2D eigenvalue weighted by atomic mass is 9.87. The van der Waals surface area contributed by atoms with Crippen LogP contribution in [0.3, 0.4) is 0 Å². The van der Waals surface area contributed by atoms with E-state index in [1.165, 1.54) is 6.08 Å². The molecule has 1 aliphatic carbocycles. The van der Waals surface area contributed by atoms with Gasteiger partial charge in [-0.05, 0) is 87.8 Å². The molecule has 2 amide bonds. The Hall–Kier alpha value is -3.45. The summed E-state index contributed by atoms with van der Waals surface area (Å²) < 4.78 is 2.00. The van der Waals surface area contributed by atoms with Gasteiger partial charge in [0.25, 0.3) is 11.8 Å². The number of imidazole rings is 1. The van der Waals surface area contributed by atoms with Gasteiger partial charge in [0.2, 0.25) is 5.95 Å². The van der Waals surface area contributed by atoms with E-state index in [2.05, 4.69) is 50.5 Å². The summed E-state index contributed by atoms with van der Waals surface area (Å²) in [6, 6.07) is 8.93. The van der Waals surface area contributed by atoms with Crippen LogP contribution in [-0.4, -0.2) is 57.0 Å². The van der Waals surface area contributed by atoms with Crippen LogP contribution < -0.4 is 16.4 Å². The molecule has 0 spiro atoms. The number of aromatic nitrogens is 2. The number of halogens is 1. The SMILES string of the molecule is C[C@H](NCC1C=Cc2c(nc(NC(=O)c3ccc(Cl)cc3)n2CC2CCCN2C(=O)C(C#N)=CC(C)(C)N)C1)C(C)(C)C. The van der Waals surface area contributed by atoms with Gasteiger partial charge in [-0.25, -0.2) is 4.98 Å². The van der Waals surface area contributed by atoms with Crippen LogP contribution in [0.4, 0.5) is 5.95 Å². The van der Waals surface area contributed by atoms with E-state index in [0.29, 0.717) is 35.7 Å². The van der Waals surface area contributed by atoms with E-state index in [4.69, 9.17) is 22.3 Å². The topological polar surface area (TPSA) is 129 Å². The summed E-state index contributed by atoms with van der Waals surface area (Å²) in [5.41, 5.74) is 7.79. The van der Waals surface area contributed by atoms with Crippen LogP contribution in [0.1, 0.15) is 76.1 Å². The molecule has 43 heavy (non-hydrogen) atoms. The highest BCUT2D eigenvalue weighted by Crippen LogP contribution is 2.30. The minimum absolute atomic E-state index is 0.0445. The van der Waals surface area contributed by atoms with Crippen molar-refractivity contribution in [2.24, 2.45) is 17.1 Å². The highest BCUT2D eigenvalue weighted by atomic mass is 35.5. The van der Waals surface area contributed by atoms with Crippen molar-refractivity contribution in [2.75, 3.05) is 18.4 Å². The van der Waals surface area contributed by atoms with Crippen LogP contribution in [-0.2, 0) is 17.8 Å². The first-order chi connectivity index (χ1) is 20.2. The molecule has 230 valence electrons. The molecule has 1 aromatic carbocycles. The molecule has 4 rings (SSSR count). The van der Waals surface area contributed by atoms with E-state index in [1.54, 1.807) is 43.0 Å². The molecule has 4 N–H and O–H groups in total. The van der Waals surface area contributed by atoms with Crippen LogP contribution >= 0.6 is 11.6 Å². The Morgan fingerprint density at radius 3 is 2.56 bits per heavy atom. The minimum atomic E-state index is -0.792. The third kappa shape index (κ3) is 8.14. The number of nitrogens with one attached hydrogen (secondary N) is 2. The number of likely N-dealkylation sites (tertiary alicyclic amines) is 1. The summed E-state index contributed by atoms with van der Waals surface area (Å²) in [5, 5.41) is 16.9. The molecule has 0 radical (unpaired) electrons. The van der Waals surface area contributed by atoms with Crippen LogP contribution in [0.15, 0.2) is 42.0 Å². The van der Waals surface area contributed by atoms with Crippen LogP contribution in [0.5, 0.6) is 0 Å². The first kappa shape index (κ1) is 32.5. The number of nitrogens with two attached hydrogens (primary N) is 1. The number of nitriles is 1. The predicted octanol–water partition coefficient (Wildman–Crippen LogP) is 5.18. The molecule has 3 atom stereocenters. The molecule has 0 bridgehead atoms. The lowest BCUT2D eigenvalue weighted by Gasteiger charge is -2.30. The average molecular weight is 606 g/mol. The van der Waals surface area contributed by atoms with Crippen molar-refractivity contribution in [2.45, 2.75) is 85.0 Å². The number of nitrogens with zero attached hydrogens (tertiary/aromatic N) is 4. The summed E-state index contributed by atoms with van der Waals surface area (Å²) in [4.78, 5) is 33.4. The molecule has 2 aromatic rings. The lowest BCUT2D eigenvalue weighted by molar-refractivity contribution is -0.127. The second kappa shape index (κ2) is 13.0. The standard InChI is InChI=1S/C33H44ClN7O2/c1-21(32(2,3)4)37-19-22-9-14-28-27(16-22)38-31(39-29(42)23-10-12-25(34)13-11-23)41(28)20-26-8-7-15-40(26)30(43)24(18-35)17-33(5,6)36/h9-14,17,21-22,26,37H,7-8,15-16,19-20,36H2,1-6H3,(H,38,39,42)/t21-,22?,26?/m0/s1.